The molecule has 0 radical (unpaired) electrons. The van der Waals surface area contributed by atoms with Gasteiger partial charge in [-0.2, -0.15) is 18.2 Å². The molecule has 28 heavy (non-hydrogen) atoms. The number of aliphatic imine (C=N–C) groups is 1. The average Bonchev–Trinajstić information content (AvgIpc) is 3.27. The van der Waals surface area contributed by atoms with Crippen LogP contribution in [0.25, 0.3) is 0 Å². The molecule has 0 aliphatic rings. The molecule has 158 valence electrons. The lowest BCUT2D eigenvalue weighted by Gasteiger charge is -2.09. The molecule has 0 fully saturated rings. The Labute approximate surface area is 181 Å². The molecule has 0 bridgehead atoms. The number of nitrogens with one attached hydrogen (secondary N) is 2. The Balaban J connectivity index is 0.00000392. The van der Waals surface area contributed by atoms with Crippen LogP contribution in [-0.2, 0) is 23.9 Å². The fourth-order valence-corrected chi connectivity index (χ4v) is 2.86. The molecule has 0 aliphatic heterocycles. The van der Waals surface area contributed by atoms with Crippen LogP contribution in [0.4, 0.5) is 13.2 Å². The number of thiazole rings is 1. The van der Waals surface area contributed by atoms with E-state index >= 15 is 0 Å². The summed E-state index contributed by atoms with van der Waals surface area (Å²) in [5.41, 5.74) is -0.863. The van der Waals surface area contributed by atoms with E-state index in [4.69, 9.17) is 9.26 Å². The Morgan fingerprint density at radius 3 is 2.71 bits per heavy atom. The molecule has 1 unspecified atom stereocenters. The van der Waals surface area contributed by atoms with E-state index in [9.17, 15) is 13.2 Å². The van der Waals surface area contributed by atoms with Crippen LogP contribution in [-0.4, -0.2) is 41.3 Å². The number of aromatic nitrogens is 3. The number of nitrogens with zero attached hydrogens (tertiary/aromatic N) is 4. The minimum absolute atomic E-state index is 0. The van der Waals surface area contributed by atoms with Gasteiger partial charge in [0.25, 0.3) is 0 Å². The summed E-state index contributed by atoms with van der Waals surface area (Å²) in [4.78, 5) is 11.8. The second-order valence-corrected chi connectivity index (χ2v) is 6.31. The third-order valence-electron chi connectivity index (χ3n) is 3.37. The van der Waals surface area contributed by atoms with E-state index in [0.717, 1.165) is 16.7 Å². The first kappa shape index (κ1) is 24.6. The van der Waals surface area contributed by atoms with Crippen LogP contribution < -0.4 is 10.6 Å². The summed E-state index contributed by atoms with van der Waals surface area (Å²) in [6, 6.07) is 0. The van der Waals surface area contributed by atoms with Gasteiger partial charge in [0.05, 0.1) is 11.6 Å². The minimum atomic E-state index is -4.41. The van der Waals surface area contributed by atoms with Crippen molar-refractivity contribution < 1.29 is 22.4 Å². The number of hydrogen-bond donors (Lipinski definition) is 2. The molecule has 2 aromatic heterocycles. The van der Waals surface area contributed by atoms with Gasteiger partial charge in [-0.15, -0.1) is 35.3 Å². The van der Waals surface area contributed by atoms with Crippen LogP contribution in [0.1, 0.15) is 42.4 Å². The maximum atomic E-state index is 12.5. The van der Waals surface area contributed by atoms with Gasteiger partial charge in [-0.25, -0.2) is 4.98 Å². The lowest BCUT2D eigenvalue weighted by molar-refractivity contribution is -0.140. The summed E-state index contributed by atoms with van der Waals surface area (Å²) in [5, 5.41) is 11.3. The van der Waals surface area contributed by atoms with E-state index in [0.29, 0.717) is 42.3 Å². The molecule has 0 spiro atoms. The van der Waals surface area contributed by atoms with E-state index in [1.807, 2.05) is 13.8 Å². The van der Waals surface area contributed by atoms with Crippen molar-refractivity contribution in [2.75, 3.05) is 20.2 Å². The van der Waals surface area contributed by atoms with Crippen molar-refractivity contribution in [3.63, 3.8) is 0 Å². The van der Waals surface area contributed by atoms with Crippen LogP contribution in [0.3, 0.4) is 0 Å². The van der Waals surface area contributed by atoms with E-state index < -0.39 is 11.9 Å². The van der Waals surface area contributed by atoms with Gasteiger partial charge in [0.15, 0.2) is 17.5 Å². The molecule has 2 N–H and O–H groups in total. The predicted octanol–water partition coefficient (Wildman–Crippen LogP) is 3.17. The molecule has 0 saturated carbocycles. The number of alkyl halides is 3. The fourth-order valence-electron chi connectivity index (χ4n) is 2.05. The molecule has 0 aromatic carbocycles. The zero-order valence-corrected chi connectivity index (χ0v) is 18.7. The first-order valence-corrected chi connectivity index (χ1v) is 9.11. The van der Waals surface area contributed by atoms with E-state index in [1.54, 1.807) is 7.05 Å². The van der Waals surface area contributed by atoms with Crippen molar-refractivity contribution >= 4 is 41.3 Å². The SMILES string of the molecule is CCOC(C)c1noc(CNC(=NC)NCCc2nc(C(F)(F)F)cs2)n1.I. The smallest absolute Gasteiger partial charge is 0.371 e. The Hall–Kier alpha value is -1.48. The summed E-state index contributed by atoms with van der Waals surface area (Å²) < 4.78 is 48.1. The standard InChI is InChI=1S/C15H21F3N6O2S.HI/c1-4-25-9(2)13-23-11(26-24-13)7-21-14(19-3)20-6-5-12-22-10(8-27-12)15(16,17)18;/h8-9H,4-7H2,1-3H3,(H2,19,20,21);1H. The molecule has 2 aromatic rings. The summed E-state index contributed by atoms with van der Waals surface area (Å²) in [7, 11) is 1.58. The molecule has 0 aliphatic carbocycles. The number of halogens is 4. The van der Waals surface area contributed by atoms with Gasteiger partial charge in [-0.3, -0.25) is 4.99 Å². The fraction of sp³-hybridized carbons (Fsp3) is 0.600. The zero-order valence-electron chi connectivity index (χ0n) is 15.5. The van der Waals surface area contributed by atoms with Gasteiger partial charge >= 0.3 is 6.18 Å². The van der Waals surface area contributed by atoms with Gasteiger partial charge in [0.1, 0.15) is 6.10 Å². The van der Waals surface area contributed by atoms with Gasteiger partial charge in [-0.05, 0) is 13.8 Å². The van der Waals surface area contributed by atoms with E-state index in [-0.39, 0.29) is 36.6 Å². The lowest BCUT2D eigenvalue weighted by atomic mass is 10.4. The van der Waals surface area contributed by atoms with Gasteiger partial charge in [-0.1, -0.05) is 5.16 Å². The molecular weight excluding hydrogens is 512 g/mol. The quantitative estimate of drug-likeness (QED) is 0.305. The topological polar surface area (TPSA) is 97.5 Å². The van der Waals surface area contributed by atoms with Crippen LogP contribution in [0.2, 0.25) is 0 Å². The van der Waals surface area contributed by atoms with Crippen molar-refractivity contribution in [3.8, 4) is 0 Å². The zero-order chi connectivity index (χ0) is 19.9. The van der Waals surface area contributed by atoms with E-state index in [2.05, 4.69) is 30.8 Å². The normalized spacial score (nSPS) is 13.1. The van der Waals surface area contributed by atoms with Crippen molar-refractivity contribution in [1.82, 2.24) is 25.8 Å². The number of hydrogen-bond acceptors (Lipinski definition) is 7. The Morgan fingerprint density at radius 2 is 2.11 bits per heavy atom. The third-order valence-corrected chi connectivity index (χ3v) is 4.28. The van der Waals surface area contributed by atoms with Crippen molar-refractivity contribution in [2.45, 2.75) is 39.1 Å². The lowest BCUT2D eigenvalue weighted by Crippen LogP contribution is -2.37. The highest BCUT2D eigenvalue weighted by Gasteiger charge is 2.33. The van der Waals surface area contributed by atoms with Crippen molar-refractivity contribution in [2.24, 2.45) is 4.99 Å². The first-order chi connectivity index (χ1) is 12.8. The van der Waals surface area contributed by atoms with Crippen LogP contribution in [0.5, 0.6) is 0 Å². The highest BCUT2D eigenvalue weighted by atomic mass is 127. The first-order valence-electron chi connectivity index (χ1n) is 8.23. The third kappa shape index (κ3) is 7.50. The van der Waals surface area contributed by atoms with Gasteiger partial charge in [0.2, 0.25) is 5.89 Å². The Kier molecular flexibility index (Phi) is 10.1. The summed E-state index contributed by atoms with van der Waals surface area (Å²) >= 11 is 0.979. The Bertz CT molecular complexity index is 752. The van der Waals surface area contributed by atoms with Crippen LogP contribution >= 0.6 is 35.3 Å². The van der Waals surface area contributed by atoms with Crippen molar-refractivity contribution in [3.05, 3.63) is 27.8 Å². The summed E-state index contributed by atoms with van der Waals surface area (Å²) in [6.07, 6.45) is -4.33. The highest BCUT2D eigenvalue weighted by molar-refractivity contribution is 14.0. The predicted molar refractivity (Wildman–Crippen MR) is 109 cm³/mol. The monoisotopic (exact) mass is 534 g/mol. The highest BCUT2D eigenvalue weighted by Crippen LogP contribution is 2.29. The van der Waals surface area contributed by atoms with Crippen LogP contribution in [0.15, 0.2) is 14.9 Å². The molecule has 0 amide bonds. The van der Waals surface area contributed by atoms with Crippen molar-refractivity contribution in [1.29, 1.82) is 0 Å². The molecule has 2 rings (SSSR count). The molecule has 13 heteroatoms. The molecule has 2 heterocycles. The van der Waals surface area contributed by atoms with Crippen LogP contribution in [0, 0.1) is 0 Å². The largest absolute Gasteiger partial charge is 0.434 e. The molecule has 1 atom stereocenters. The summed E-state index contributed by atoms with van der Waals surface area (Å²) in [5.74, 6) is 1.29. The number of guanidine groups is 1. The maximum Gasteiger partial charge on any atom is 0.434 e. The Morgan fingerprint density at radius 1 is 1.36 bits per heavy atom. The molecule has 0 saturated heterocycles. The second-order valence-electron chi connectivity index (χ2n) is 5.37. The van der Waals surface area contributed by atoms with E-state index in [1.165, 1.54) is 0 Å². The second kappa shape index (κ2) is 11.5. The maximum absolute atomic E-state index is 12.5. The average molecular weight is 534 g/mol. The summed E-state index contributed by atoms with van der Waals surface area (Å²) in [6.45, 7) is 4.88. The van der Waals surface area contributed by atoms with Gasteiger partial charge < -0.3 is 19.9 Å². The number of ether oxygens (including phenoxy) is 1. The van der Waals surface area contributed by atoms with Gasteiger partial charge in [0, 0.05) is 32.0 Å². The number of rotatable bonds is 8. The molecule has 8 nitrogen and oxygen atoms in total. The molecular formula is C15H22F3IN6O2S. The minimum Gasteiger partial charge on any atom is -0.371 e.